The highest BCUT2D eigenvalue weighted by Crippen LogP contribution is 2.43. The summed E-state index contributed by atoms with van der Waals surface area (Å²) in [7, 11) is 0. The van der Waals surface area contributed by atoms with E-state index in [0.717, 1.165) is 30.5 Å². The Labute approximate surface area is 197 Å². The van der Waals surface area contributed by atoms with E-state index in [1.807, 2.05) is 32.3 Å². The average Bonchev–Trinajstić information content (AvgIpc) is 3.35. The molecule has 2 N–H and O–H groups in total. The van der Waals surface area contributed by atoms with E-state index in [0.29, 0.717) is 36.7 Å². The molecule has 9 heteroatoms. The van der Waals surface area contributed by atoms with Crippen LogP contribution in [-0.2, 0) is 6.54 Å². The summed E-state index contributed by atoms with van der Waals surface area (Å²) in [6.45, 7) is 8.75. The Morgan fingerprint density at radius 2 is 2.09 bits per heavy atom. The van der Waals surface area contributed by atoms with Gasteiger partial charge in [0, 0.05) is 30.7 Å². The summed E-state index contributed by atoms with van der Waals surface area (Å²) in [5.41, 5.74) is 1.18. The molecule has 1 fully saturated rings. The summed E-state index contributed by atoms with van der Waals surface area (Å²) < 4.78 is 9.92. The van der Waals surface area contributed by atoms with Crippen LogP contribution in [0.15, 0.2) is 35.3 Å². The van der Waals surface area contributed by atoms with Gasteiger partial charge in [0.2, 0.25) is 0 Å². The molecule has 0 bridgehead atoms. The minimum Gasteiger partial charge on any atom is -0.490 e. The summed E-state index contributed by atoms with van der Waals surface area (Å²) in [4.78, 5) is 26.3. The van der Waals surface area contributed by atoms with Crippen molar-refractivity contribution >= 4 is 16.9 Å². The molecule has 0 amide bonds. The lowest BCUT2D eigenvalue weighted by molar-refractivity contribution is 0.0301. The number of fused-ring (bicyclic) bond motifs is 5. The number of pyridine rings is 1. The van der Waals surface area contributed by atoms with Crippen LogP contribution >= 0.6 is 0 Å². The molecule has 2 aromatic heterocycles. The van der Waals surface area contributed by atoms with Crippen LogP contribution in [0.3, 0.4) is 0 Å². The number of carboxylic acid groups (broad SMARTS) is 1. The molecule has 0 saturated carbocycles. The van der Waals surface area contributed by atoms with Crippen molar-refractivity contribution in [1.29, 1.82) is 0 Å². The molecule has 1 saturated heterocycles. The predicted octanol–water partition coefficient (Wildman–Crippen LogP) is 2.96. The number of ether oxygens (including phenoxy) is 1. The van der Waals surface area contributed by atoms with Crippen LogP contribution in [0.25, 0.3) is 22.3 Å². The number of aromatic carboxylic acids is 1. The molecule has 4 heterocycles. The first-order valence-electron chi connectivity index (χ1n) is 11.7. The Morgan fingerprint density at radius 1 is 1.29 bits per heavy atom. The first kappa shape index (κ1) is 22.6. The Bertz CT molecular complexity index is 1320. The summed E-state index contributed by atoms with van der Waals surface area (Å²) in [5.74, 6) is -0.577. The van der Waals surface area contributed by atoms with Crippen molar-refractivity contribution in [2.45, 2.75) is 52.4 Å². The highest BCUT2D eigenvalue weighted by Gasteiger charge is 2.35. The number of hydrogen-bond acceptors (Lipinski definition) is 6. The fourth-order valence-electron chi connectivity index (χ4n) is 5.09. The van der Waals surface area contributed by atoms with Gasteiger partial charge in [-0.1, -0.05) is 32.9 Å². The van der Waals surface area contributed by atoms with Crippen molar-refractivity contribution in [3.63, 3.8) is 0 Å². The number of aromatic nitrogens is 3. The molecule has 2 aliphatic heterocycles. The number of rotatable bonds is 5. The van der Waals surface area contributed by atoms with E-state index in [-0.39, 0.29) is 17.0 Å². The number of nitrogens with zero attached hydrogens (tertiary/aromatic N) is 4. The van der Waals surface area contributed by atoms with Crippen LogP contribution in [0.2, 0.25) is 0 Å². The van der Waals surface area contributed by atoms with Gasteiger partial charge in [-0.15, -0.1) is 0 Å². The largest absolute Gasteiger partial charge is 0.490 e. The Kier molecular flexibility index (Phi) is 5.49. The van der Waals surface area contributed by atoms with Crippen molar-refractivity contribution in [2.24, 2.45) is 5.41 Å². The van der Waals surface area contributed by atoms with Gasteiger partial charge in [0.15, 0.2) is 5.43 Å². The van der Waals surface area contributed by atoms with Crippen LogP contribution in [0.1, 0.15) is 50.0 Å². The van der Waals surface area contributed by atoms with E-state index in [4.69, 9.17) is 9.84 Å². The molecule has 2 atom stereocenters. The normalized spacial score (nSPS) is 20.4. The quantitative estimate of drug-likeness (QED) is 0.595. The minimum atomic E-state index is -1.23. The van der Waals surface area contributed by atoms with E-state index in [2.05, 4.69) is 20.8 Å². The van der Waals surface area contributed by atoms with Crippen molar-refractivity contribution in [3.05, 3.63) is 46.2 Å². The second-order valence-corrected chi connectivity index (χ2v) is 10.2. The fraction of sp³-hybridized carbons (Fsp3) is 0.480. The Hall–Kier alpha value is -3.17. The topological polar surface area (TPSA) is 110 Å². The third-order valence-electron chi connectivity index (χ3n) is 6.93. The maximum absolute atomic E-state index is 12.6. The van der Waals surface area contributed by atoms with Crippen LogP contribution in [-0.4, -0.2) is 61.4 Å². The highest BCUT2D eigenvalue weighted by atomic mass is 16.5. The van der Waals surface area contributed by atoms with E-state index in [1.54, 1.807) is 0 Å². The van der Waals surface area contributed by atoms with E-state index < -0.39 is 17.6 Å². The van der Waals surface area contributed by atoms with E-state index >= 15 is 0 Å². The van der Waals surface area contributed by atoms with Crippen LogP contribution in [0.4, 0.5) is 0 Å². The number of hydrogen-bond donors (Lipinski definition) is 2. The molecular formula is C25H30N4O5. The van der Waals surface area contributed by atoms with Gasteiger partial charge in [0.05, 0.1) is 24.0 Å². The molecule has 3 aromatic rings. The maximum atomic E-state index is 12.6. The van der Waals surface area contributed by atoms with Crippen molar-refractivity contribution in [1.82, 2.24) is 19.2 Å². The number of aliphatic hydroxyl groups is 1. The number of benzene rings is 1. The molecule has 180 valence electrons. The van der Waals surface area contributed by atoms with Gasteiger partial charge >= 0.3 is 5.97 Å². The van der Waals surface area contributed by atoms with Crippen molar-refractivity contribution in [2.75, 3.05) is 19.7 Å². The first-order chi connectivity index (χ1) is 16.1. The summed E-state index contributed by atoms with van der Waals surface area (Å²) in [5, 5.41) is 25.3. The average molecular weight is 467 g/mol. The molecule has 9 nitrogen and oxygen atoms in total. The second kappa shape index (κ2) is 8.25. The zero-order valence-corrected chi connectivity index (χ0v) is 19.7. The molecule has 1 aromatic carbocycles. The number of likely N-dealkylation sites (tertiary alicyclic amines) is 1. The number of carbonyl (C=O) groups is 1. The van der Waals surface area contributed by atoms with Gasteiger partial charge in [0.1, 0.15) is 29.7 Å². The lowest BCUT2D eigenvalue weighted by Gasteiger charge is -2.38. The molecule has 2 aliphatic rings. The highest BCUT2D eigenvalue weighted by molar-refractivity contribution is 5.96. The Morgan fingerprint density at radius 3 is 2.76 bits per heavy atom. The van der Waals surface area contributed by atoms with Crippen molar-refractivity contribution in [3.8, 4) is 17.1 Å². The molecule has 0 radical (unpaired) electrons. The first-order valence-corrected chi connectivity index (χ1v) is 11.7. The van der Waals surface area contributed by atoms with Crippen LogP contribution < -0.4 is 10.2 Å². The van der Waals surface area contributed by atoms with Gasteiger partial charge < -0.3 is 19.5 Å². The lowest BCUT2D eigenvalue weighted by Crippen LogP contribution is -2.35. The smallest absolute Gasteiger partial charge is 0.341 e. The van der Waals surface area contributed by atoms with Crippen LogP contribution in [0.5, 0.6) is 5.75 Å². The maximum Gasteiger partial charge on any atom is 0.341 e. The second-order valence-electron chi connectivity index (χ2n) is 10.2. The third kappa shape index (κ3) is 3.78. The SMILES string of the molecule is CC(C)(C)C1Cn2nc3c(OCCN4CCCC4O)cccc3c2-c2cc(=O)c(C(=O)O)cn21. The monoisotopic (exact) mass is 466 g/mol. The van der Waals surface area contributed by atoms with Gasteiger partial charge in [-0.2, -0.15) is 5.10 Å². The van der Waals surface area contributed by atoms with E-state index in [9.17, 15) is 19.8 Å². The zero-order chi connectivity index (χ0) is 24.2. The predicted molar refractivity (Wildman–Crippen MR) is 127 cm³/mol. The fourth-order valence-corrected chi connectivity index (χ4v) is 5.09. The Balaban J connectivity index is 1.57. The van der Waals surface area contributed by atoms with Gasteiger partial charge in [-0.3, -0.25) is 14.4 Å². The number of carboxylic acids is 1. The molecular weight excluding hydrogens is 436 g/mol. The summed E-state index contributed by atoms with van der Waals surface area (Å²) in [6, 6.07) is 7.04. The minimum absolute atomic E-state index is 0.0935. The van der Waals surface area contributed by atoms with Gasteiger partial charge in [-0.25, -0.2) is 4.79 Å². The lowest BCUT2D eigenvalue weighted by atomic mass is 9.85. The standard InChI is InChI=1S/C25H30N4O5/c1-25(2,3)20-14-29-23(17-12-18(30)16(24(32)33)13-28(17)20)15-6-4-7-19(22(15)26-29)34-11-10-27-9-5-8-21(27)31/h4,6-7,12-13,20-21,31H,5,8-11,14H2,1-3H3,(H,32,33). The zero-order valence-electron chi connectivity index (χ0n) is 19.7. The molecule has 34 heavy (non-hydrogen) atoms. The molecule has 5 rings (SSSR count). The number of aliphatic hydroxyl groups excluding tert-OH is 1. The molecule has 0 aliphatic carbocycles. The van der Waals surface area contributed by atoms with Crippen molar-refractivity contribution < 1.29 is 19.7 Å². The summed E-state index contributed by atoms with van der Waals surface area (Å²) >= 11 is 0. The molecule has 0 spiro atoms. The van der Waals surface area contributed by atoms with E-state index in [1.165, 1.54) is 12.3 Å². The summed E-state index contributed by atoms with van der Waals surface area (Å²) in [6.07, 6.45) is 2.85. The molecule has 2 unspecified atom stereocenters. The third-order valence-corrected chi connectivity index (χ3v) is 6.93. The van der Waals surface area contributed by atoms with Gasteiger partial charge in [-0.05, 0) is 24.3 Å². The van der Waals surface area contributed by atoms with Gasteiger partial charge in [0.25, 0.3) is 0 Å². The van der Waals surface area contributed by atoms with Crippen LogP contribution in [0, 0.1) is 5.41 Å².